The molecule has 0 unspecified atom stereocenters. The molecule has 5 nitrogen and oxygen atoms in total. The summed E-state index contributed by atoms with van der Waals surface area (Å²) in [6, 6.07) is 21.6. The number of ether oxygens (including phenoxy) is 2. The lowest BCUT2D eigenvalue weighted by atomic mass is 10.1. The maximum absolute atomic E-state index is 9.19. The van der Waals surface area contributed by atoms with Crippen molar-refractivity contribution in [3.05, 3.63) is 107 Å². The van der Waals surface area contributed by atoms with Gasteiger partial charge in [0.05, 0.1) is 24.5 Å². The Morgan fingerprint density at radius 1 is 1.00 bits per heavy atom. The van der Waals surface area contributed by atoms with Crippen molar-refractivity contribution in [2.45, 2.75) is 33.5 Å². The van der Waals surface area contributed by atoms with Crippen molar-refractivity contribution in [3.8, 4) is 17.6 Å². The Labute approximate surface area is 195 Å². The third-order valence-corrected chi connectivity index (χ3v) is 4.96. The summed E-state index contributed by atoms with van der Waals surface area (Å²) in [6.07, 6.45) is 4.09. The first-order valence-corrected chi connectivity index (χ1v) is 10.9. The van der Waals surface area contributed by atoms with E-state index in [1.54, 1.807) is 12.3 Å². The minimum atomic E-state index is 0.218. The molecular weight excluding hydrogens is 412 g/mol. The molecule has 168 valence electrons. The van der Waals surface area contributed by atoms with E-state index in [4.69, 9.17) is 14.3 Å². The minimum Gasteiger partial charge on any atom is -0.490 e. The zero-order valence-electron chi connectivity index (χ0n) is 19.1. The van der Waals surface area contributed by atoms with Gasteiger partial charge in [-0.15, -0.1) is 6.58 Å². The van der Waals surface area contributed by atoms with E-state index in [-0.39, 0.29) is 6.61 Å². The van der Waals surface area contributed by atoms with Crippen LogP contribution in [0.5, 0.6) is 11.5 Å². The van der Waals surface area contributed by atoms with Crippen molar-refractivity contribution in [2.75, 3.05) is 6.61 Å². The van der Waals surface area contributed by atoms with Crippen LogP contribution < -0.4 is 9.47 Å². The Morgan fingerprint density at radius 3 is 2.52 bits per heavy atom. The zero-order valence-corrected chi connectivity index (χ0v) is 19.1. The van der Waals surface area contributed by atoms with Crippen molar-refractivity contribution < 1.29 is 14.3 Å². The molecule has 0 heterocycles. The second-order valence-corrected chi connectivity index (χ2v) is 7.48. The number of oxime groups is 1. The fraction of sp³-hybridized carbons (Fsp3) is 0.214. The van der Waals surface area contributed by atoms with E-state index in [9.17, 15) is 5.26 Å². The second kappa shape index (κ2) is 12.1. The lowest BCUT2D eigenvalue weighted by Crippen LogP contribution is -2.04. The van der Waals surface area contributed by atoms with Gasteiger partial charge in [0.2, 0.25) is 0 Å². The normalized spacial score (nSPS) is 10.6. The fourth-order valence-corrected chi connectivity index (χ4v) is 3.29. The monoisotopic (exact) mass is 440 g/mol. The average Bonchev–Trinajstić information content (AvgIpc) is 2.83. The molecular formula is C28H28N2O3. The van der Waals surface area contributed by atoms with Gasteiger partial charge in [0.15, 0.2) is 11.5 Å². The third-order valence-electron chi connectivity index (χ3n) is 4.96. The molecule has 0 spiro atoms. The molecule has 3 aromatic carbocycles. The first kappa shape index (κ1) is 23.6. The second-order valence-electron chi connectivity index (χ2n) is 7.48. The first-order chi connectivity index (χ1) is 16.1. The van der Waals surface area contributed by atoms with Crippen LogP contribution in [0.4, 0.5) is 0 Å². The summed E-state index contributed by atoms with van der Waals surface area (Å²) in [5, 5.41) is 13.3. The summed E-state index contributed by atoms with van der Waals surface area (Å²) in [5.74, 6) is 1.36. The van der Waals surface area contributed by atoms with E-state index in [2.05, 4.69) is 49.0 Å². The number of nitriles is 1. The number of hydrogen-bond donors (Lipinski definition) is 0. The number of rotatable bonds is 11. The number of benzene rings is 3. The highest BCUT2D eigenvalue weighted by Crippen LogP contribution is 2.34. The highest BCUT2D eigenvalue weighted by atomic mass is 16.6. The average molecular weight is 441 g/mol. The molecule has 0 aromatic heterocycles. The zero-order chi connectivity index (χ0) is 23.5. The molecule has 0 aliphatic rings. The Bertz CT molecular complexity index is 1140. The predicted molar refractivity (Wildman–Crippen MR) is 131 cm³/mol. The Kier molecular flexibility index (Phi) is 8.67. The van der Waals surface area contributed by atoms with Gasteiger partial charge >= 0.3 is 0 Å². The van der Waals surface area contributed by atoms with Crippen LogP contribution in [0.2, 0.25) is 0 Å². The summed E-state index contributed by atoms with van der Waals surface area (Å²) in [6.45, 7) is 9.05. The molecule has 0 amide bonds. The highest BCUT2D eigenvalue weighted by molar-refractivity contribution is 5.81. The third kappa shape index (κ3) is 6.72. The minimum absolute atomic E-state index is 0.218. The molecule has 0 N–H and O–H groups in total. The maximum Gasteiger partial charge on any atom is 0.165 e. The highest BCUT2D eigenvalue weighted by Gasteiger charge is 2.13. The molecule has 3 aromatic rings. The topological polar surface area (TPSA) is 63.8 Å². The SMILES string of the molecule is C=CCc1cc(/C=N\OCc2ccccc2C#N)cc(OCC)c1OCc1ccc(C)cc1. The molecule has 0 aliphatic carbocycles. The number of nitrogens with zero attached hydrogens (tertiary/aromatic N) is 2. The van der Waals surface area contributed by atoms with E-state index in [1.807, 2.05) is 43.3 Å². The van der Waals surface area contributed by atoms with Crippen LogP contribution in [0.15, 0.2) is 78.5 Å². The van der Waals surface area contributed by atoms with E-state index in [0.29, 0.717) is 36.7 Å². The molecule has 0 atom stereocenters. The molecule has 33 heavy (non-hydrogen) atoms. The van der Waals surface area contributed by atoms with Gasteiger partial charge in [0.1, 0.15) is 13.2 Å². The number of allylic oxidation sites excluding steroid dienone is 1. The van der Waals surface area contributed by atoms with Crippen molar-refractivity contribution in [1.82, 2.24) is 0 Å². The van der Waals surface area contributed by atoms with Gasteiger partial charge < -0.3 is 14.3 Å². The molecule has 0 radical (unpaired) electrons. The summed E-state index contributed by atoms with van der Waals surface area (Å²) < 4.78 is 12.1. The summed E-state index contributed by atoms with van der Waals surface area (Å²) in [4.78, 5) is 5.44. The van der Waals surface area contributed by atoms with Gasteiger partial charge in [-0.25, -0.2) is 0 Å². The molecule has 0 saturated heterocycles. The quantitative estimate of drug-likeness (QED) is 0.205. The van der Waals surface area contributed by atoms with Crippen LogP contribution in [-0.4, -0.2) is 12.8 Å². The van der Waals surface area contributed by atoms with E-state index in [0.717, 1.165) is 22.3 Å². The lowest BCUT2D eigenvalue weighted by molar-refractivity contribution is 0.132. The van der Waals surface area contributed by atoms with Gasteiger partial charge in [-0.3, -0.25) is 0 Å². The van der Waals surface area contributed by atoms with Gasteiger partial charge in [-0.1, -0.05) is 59.3 Å². The van der Waals surface area contributed by atoms with E-state index < -0.39 is 0 Å². The van der Waals surface area contributed by atoms with Gasteiger partial charge in [-0.2, -0.15) is 5.26 Å². The van der Waals surface area contributed by atoms with Gasteiger partial charge in [-0.05, 0) is 44.0 Å². The molecule has 0 saturated carbocycles. The largest absolute Gasteiger partial charge is 0.490 e. The molecule has 3 rings (SSSR count). The molecule has 5 heteroatoms. The van der Waals surface area contributed by atoms with Crippen LogP contribution in [0.3, 0.4) is 0 Å². The van der Waals surface area contributed by atoms with Crippen molar-refractivity contribution in [3.63, 3.8) is 0 Å². The molecule has 0 aliphatic heterocycles. The maximum atomic E-state index is 9.19. The Balaban J connectivity index is 1.77. The molecule has 0 bridgehead atoms. The van der Waals surface area contributed by atoms with E-state index in [1.165, 1.54) is 5.56 Å². The first-order valence-electron chi connectivity index (χ1n) is 10.9. The van der Waals surface area contributed by atoms with Crippen LogP contribution >= 0.6 is 0 Å². The Hall–Kier alpha value is -4.04. The standard InChI is InChI=1S/C28H28N2O3/c1-4-8-24-15-23(18-30-33-20-26-10-7-6-9-25(26)17-29)16-27(31-5-2)28(24)32-19-22-13-11-21(3)12-14-22/h4,6-7,9-16,18H,1,5,8,19-20H2,2-3H3/b30-18-. The van der Waals surface area contributed by atoms with Crippen molar-refractivity contribution >= 4 is 6.21 Å². The van der Waals surface area contributed by atoms with Crippen LogP contribution in [0, 0.1) is 18.3 Å². The smallest absolute Gasteiger partial charge is 0.165 e. The summed E-state index contributed by atoms with van der Waals surface area (Å²) in [7, 11) is 0. The predicted octanol–water partition coefficient (Wildman–Crippen LogP) is 6.12. The summed E-state index contributed by atoms with van der Waals surface area (Å²) in [5.41, 5.74) is 5.45. The number of hydrogen-bond acceptors (Lipinski definition) is 5. The van der Waals surface area contributed by atoms with Crippen LogP contribution in [0.1, 0.15) is 40.3 Å². The molecule has 0 fully saturated rings. The van der Waals surface area contributed by atoms with E-state index >= 15 is 0 Å². The van der Waals surface area contributed by atoms with Gasteiger partial charge in [0, 0.05) is 16.7 Å². The fourth-order valence-electron chi connectivity index (χ4n) is 3.29. The van der Waals surface area contributed by atoms with Gasteiger partial charge in [0.25, 0.3) is 0 Å². The van der Waals surface area contributed by atoms with Crippen molar-refractivity contribution in [1.29, 1.82) is 5.26 Å². The summed E-state index contributed by atoms with van der Waals surface area (Å²) >= 11 is 0. The Morgan fingerprint density at radius 2 is 1.79 bits per heavy atom. The van der Waals surface area contributed by atoms with Crippen LogP contribution in [0.25, 0.3) is 0 Å². The van der Waals surface area contributed by atoms with Crippen LogP contribution in [-0.2, 0) is 24.5 Å². The number of aryl methyl sites for hydroxylation is 1. The lowest BCUT2D eigenvalue weighted by Gasteiger charge is -2.17. The van der Waals surface area contributed by atoms with Crippen molar-refractivity contribution in [2.24, 2.45) is 5.16 Å².